The van der Waals surface area contributed by atoms with Gasteiger partial charge in [-0.1, -0.05) is 18.2 Å². The lowest BCUT2D eigenvalue weighted by atomic mass is 9.85. The van der Waals surface area contributed by atoms with Crippen LogP contribution in [0.5, 0.6) is 0 Å². The Morgan fingerprint density at radius 1 is 0.962 bits per heavy atom. The summed E-state index contributed by atoms with van der Waals surface area (Å²) in [5.41, 5.74) is 4.82. The van der Waals surface area contributed by atoms with Crippen LogP contribution in [0.3, 0.4) is 0 Å². The van der Waals surface area contributed by atoms with Gasteiger partial charge in [0.1, 0.15) is 0 Å². The maximum Gasteiger partial charge on any atom is 0.242 e. The molecule has 0 saturated heterocycles. The molecule has 1 amide bonds. The van der Waals surface area contributed by atoms with Crippen molar-refractivity contribution in [2.45, 2.75) is 33.1 Å². The van der Waals surface area contributed by atoms with E-state index in [1.165, 1.54) is 0 Å². The van der Waals surface area contributed by atoms with Crippen molar-refractivity contribution in [3.8, 4) is 11.3 Å². The summed E-state index contributed by atoms with van der Waals surface area (Å²) < 4.78 is 0. The number of hydrogen-bond acceptors (Lipinski definition) is 4. The van der Waals surface area contributed by atoms with Crippen LogP contribution < -0.4 is 4.90 Å². The van der Waals surface area contributed by atoms with Crippen LogP contribution in [0.4, 0.5) is 11.5 Å². The summed E-state index contributed by atoms with van der Waals surface area (Å²) in [5, 5.41) is 0. The van der Waals surface area contributed by atoms with Crippen molar-refractivity contribution in [2.75, 3.05) is 4.90 Å². The zero-order chi connectivity index (χ0) is 18.5. The van der Waals surface area contributed by atoms with Gasteiger partial charge >= 0.3 is 0 Å². The minimum atomic E-state index is -0.612. The Morgan fingerprint density at radius 2 is 1.77 bits per heavy atom. The minimum Gasteiger partial charge on any atom is -0.273 e. The lowest BCUT2D eigenvalue weighted by molar-refractivity contribution is -0.121. The molecule has 1 aliphatic heterocycles. The van der Waals surface area contributed by atoms with Crippen LogP contribution in [0, 0.1) is 13.8 Å². The van der Waals surface area contributed by atoms with Crippen LogP contribution in [-0.2, 0) is 10.2 Å². The van der Waals surface area contributed by atoms with Gasteiger partial charge in [0.15, 0.2) is 5.82 Å². The zero-order valence-corrected chi connectivity index (χ0v) is 15.3. The van der Waals surface area contributed by atoms with Gasteiger partial charge in [0.2, 0.25) is 5.91 Å². The van der Waals surface area contributed by atoms with E-state index in [4.69, 9.17) is 0 Å². The van der Waals surface area contributed by atoms with Gasteiger partial charge in [-0.25, -0.2) is 4.98 Å². The molecule has 2 aromatic heterocycles. The molecule has 0 unspecified atom stereocenters. The van der Waals surface area contributed by atoms with E-state index in [1.807, 2.05) is 64.1 Å². The molecular weight excluding hydrogens is 324 g/mol. The average molecular weight is 344 g/mol. The van der Waals surface area contributed by atoms with Gasteiger partial charge in [-0.2, -0.15) is 0 Å². The molecule has 0 bridgehead atoms. The summed E-state index contributed by atoms with van der Waals surface area (Å²) in [7, 11) is 0. The fourth-order valence-electron chi connectivity index (χ4n) is 3.40. The van der Waals surface area contributed by atoms with E-state index in [0.717, 1.165) is 33.9 Å². The van der Waals surface area contributed by atoms with Gasteiger partial charge in [-0.15, -0.1) is 0 Å². The molecular formula is C21H20N4O. The Kier molecular flexibility index (Phi) is 3.61. The van der Waals surface area contributed by atoms with Gasteiger partial charge in [-0.3, -0.25) is 19.7 Å². The molecule has 0 aliphatic carbocycles. The minimum absolute atomic E-state index is 0.00162. The maximum absolute atomic E-state index is 13.1. The predicted octanol–water partition coefficient (Wildman–Crippen LogP) is 4.11. The van der Waals surface area contributed by atoms with Crippen LogP contribution in [0.1, 0.15) is 30.8 Å². The van der Waals surface area contributed by atoms with E-state index in [0.29, 0.717) is 5.82 Å². The second kappa shape index (κ2) is 5.73. The van der Waals surface area contributed by atoms with Crippen LogP contribution in [-0.4, -0.2) is 20.9 Å². The highest BCUT2D eigenvalue weighted by Crippen LogP contribution is 2.46. The lowest BCUT2D eigenvalue weighted by Crippen LogP contribution is -2.33. The van der Waals surface area contributed by atoms with Crippen molar-refractivity contribution in [3.63, 3.8) is 0 Å². The first-order valence-electron chi connectivity index (χ1n) is 8.60. The summed E-state index contributed by atoms with van der Waals surface area (Å²) >= 11 is 0. The molecule has 0 fully saturated rings. The van der Waals surface area contributed by atoms with Crippen molar-refractivity contribution < 1.29 is 4.79 Å². The first-order valence-corrected chi connectivity index (χ1v) is 8.60. The van der Waals surface area contributed by atoms with Crippen molar-refractivity contribution in [1.82, 2.24) is 15.0 Å². The maximum atomic E-state index is 13.1. The van der Waals surface area contributed by atoms with E-state index < -0.39 is 5.41 Å². The molecule has 3 aromatic rings. The molecule has 1 aromatic carbocycles. The van der Waals surface area contributed by atoms with E-state index in [1.54, 1.807) is 17.3 Å². The fraction of sp³-hybridized carbons (Fsp3) is 0.238. The van der Waals surface area contributed by atoms with Crippen molar-refractivity contribution in [3.05, 3.63) is 65.7 Å². The number of fused-ring (bicyclic) bond motifs is 1. The molecule has 0 saturated carbocycles. The molecule has 0 spiro atoms. The average Bonchev–Trinajstić information content (AvgIpc) is 2.81. The lowest BCUT2D eigenvalue weighted by Gasteiger charge is -2.19. The molecule has 5 heteroatoms. The van der Waals surface area contributed by atoms with E-state index >= 15 is 0 Å². The SMILES string of the molecule is Cc1cccc(-c2ccc3c(c2)N(c2cncc(C)n2)C(=O)C3(C)C)n1. The number of amides is 1. The predicted molar refractivity (Wildman–Crippen MR) is 101 cm³/mol. The number of aryl methyl sites for hydroxylation is 2. The van der Waals surface area contributed by atoms with Crippen molar-refractivity contribution in [2.24, 2.45) is 0 Å². The van der Waals surface area contributed by atoms with E-state index in [9.17, 15) is 4.79 Å². The van der Waals surface area contributed by atoms with Crippen molar-refractivity contribution >= 4 is 17.4 Å². The van der Waals surface area contributed by atoms with E-state index in [2.05, 4.69) is 15.0 Å². The molecule has 5 nitrogen and oxygen atoms in total. The molecule has 0 atom stereocenters. The number of carbonyl (C=O) groups is 1. The third-order valence-corrected chi connectivity index (χ3v) is 4.81. The quantitative estimate of drug-likeness (QED) is 0.702. The molecule has 4 rings (SSSR count). The van der Waals surface area contributed by atoms with Crippen molar-refractivity contribution in [1.29, 1.82) is 0 Å². The Labute approximate surface area is 152 Å². The second-order valence-electron chi connectivity index (χ2n) is 7.18. The van der Waals surface area contributed by atoms with E-state index in [-0.39, 0.29) is 5.91 Å². The fourth-order valence-corrected chi connectivity index (χ4v) is 3.40. The Morgan fingerprint density at radius 3 is 2.50 bits per heavy atom. The highest BCUT2D eigenvalue weighted by atomic mass is 16.2. The number of hydrogen-bond donors (Lipinski definition) is 0. The summed E-state index contributed by atoms with van der Waals surface area (Å²) in [6.07, 6.45) is 3.32. The normalized spacial score (nSPS) is 15.2. The number of aromatic nitrogens is 3. The van der Waals surface area contributed by atoms with Gasteiger partial charge in [0.05, 0.1) is 28.7 Å². The molecule has 130 valence electrons. The topological polar surface area (TPSA) is 59.0 Å². The zero-order valence-electron chi connectivity index (χ0n) is 15.3. The molecule has 0 N–H and O–H groups in total. The van der Waals surface area contributed by atoms with Crippen LogP contribution in [0.15, 0.2) is 48.8 Å². The van der Waals surface area contributed by atoms with Gasteiger partial charge in [0, 0.05) is 17.5 Å². The third kappa shape index (κ3) is 2.47. The summed E-state index contributed by atoms with van der Waals surface area (Å²) in [4.78, 5) is 28.1. The highest BCUT2D eigenvalue weighted by Gasteiger charge is 2.45. The Hall–Kier alpha value is -3.08. The van der Waals surface area contributed by atoms with Gasteiger partial charge in [-0.05, 0) is 51.5 Å². The van der Waals surface area contributed by atoms with Gasteiger partial charge < -0.3 is 0 Å². The monoisotopic (exact) mass is 344 g/mol. The molecule has 26 heavy (non-hydrogen) atoms. The number of rotatable bonds is 2. The largest absolute Gasteiger partial charge is 0.273 e. The standard InChI is InChI=1S/C21H20N4O/c1-13-6-5-7-17(23-13)15-8-9-16-18(10-15)25(20(26)21(16,3)4)19-12-22-11-14(2)24-19/h5-12H,1-4H3. The first kappa shape index (κ1) is 16.4. The van der Waals surface area contributed by atoms with Crippen LogP contribution in [0.25, 0.3) is 11.3 Å². The highest BCUT2D eigenvalue weighted by molar-refractivity contribution is 6.12. The van der Waals surface area contributed by atoms with Crippen LogP contribution in [0.2, 0.25) is 0 Å². The molecule has 1 aliphatic rings. The summed E-state index contributed by atoms with van der Waals surface area (Å²) in [5.74, 6) is 0.554. The number of pyridine rings is 1. The smallest absolute Gasteiger partial charge is 0.242 e. The third-order valence-electron chi connectivity index (χ3n) is 4.81. The number of benzene rings is 1. The summed E-state index contributed by atoms with van der Waals surface area (Å²) in [6.45, 7) is 7.73. The van der Waals surface area contributed by atoms with Crippen LogP contribution >= 0.6 is 0 Å². The Balaban J connectivity index is 1.90. The summed E-state index contributed by atoms with van der Waals surface area (Å²) in [6, 6.07) is 12.0. The molecule has 3 heterocycles. The number of nitrogens with zero attached hydrogens (tertiary/aromatic N) is 4. The Bertz CT molecular complexity index is 1030. The number of carbonyl (C=O) groups excluding carboxylic acids is 1. The molecule has 0 radical (unpaired) electrons. The first-order chi connectivity index (χ1) is 12.4. The number of anilines is 2. The van der Waals surface area contributed by atoms with Gasteiger partial charge in [0.25, 0.3) is 0 Å². The second-order valence-corrected chi connectivity index (χ2v) is 7.18.